The summed E-state index contributed by atoms with van der Waals surface area (Å²) >= 11 is 6.27. The SMILES string of the molecule is CC(=O)N[C@H](Cc1ccc2ccccc2c1)C(=O)N[C@H](Cc1ccc(Cl)cc1)C(=O)N[C@H](Cc1cccnc1)C(=O)N[C@@H](CO)C(=O)N[C@@H](Cc1ccc(NC(=O)[C@@H]2CC(=O)NC(=O)N2)cc1)C(=O)N[C@H](Cc1ccc(NC(N)=O)cc1)C(=O)N[C@@H](CC(C)C)C(=O)N[C@@H](CNC(=O)CNC1CCCCC1)C(=O)N1CCC[C@H]1C(=O)N[C@H](C)C(N)=O. The summed E-state index contributed by atoms with van der Waals surface area (Å²) in [6.07, 6.45) is 6.26. The number of rotatable bonds is 40. The Hall–Kier alpha value is -13.0. The third kappa shape index (κ3) is 28.6. The van der Waals surface area contributed by atoms with E-state index in [1.807, 2.05) is 47.8 Å². The number of anilines is 2. The number of nitrogens with one attached hydrogen (secondary N) is 15. The standard InChI is InChI=1S/C84H104ClN19O17/c1-46(2)34-60(74(111)100-67(43-90-71(108)44-89-57-15-6-5-7-16-57)82(119)104-33-11-17-69(104)81(118)91-47(3)72(86)109)95-76(113)63(37-51-23-30-59(31-24-51)94-83(87)120)97-78(115)64(38-50-21-28-58(29-22-50)93-73(110)66-41-70(107)103-84(121)102-66)99-80(117)68(45-105)101-79(116)65(40-53-12-10-32-88-42-53)98-77(114)62(36-49-19-26-56(85)27-20-49)96-75(112)61(92-48(4)106)39-52-18-25-54-13-8-9-14-55(54)35-52/h8-10,12-14,18-32,35,42,46-47,57,60-69,89,105H,5-7,11,15-17,33-34,36-41,43-45H2,1-4H3,(H2,86,109)(H,90,108)(H,91,118)(H,92,106)(H,93,110)(H,95,113)(H,96,112)(H,97,115)(H,98,114)(H,99,117)(H,100,111)(H,101,116)(H3,87,94,120)(H2,102,103,107,121)/t47-,60+,61-,62-,63-,64+,65-,66+,67+,68+,69+/m1/s1. The van der Waals surface area contributed by atoms with E-state index in [-0.39, 0.29) is 86.9 Å². The van der Waals surface area contributed by atoms with Crippen molar-refractivity contribution in [1.29, 1.82) is 0 Å². The van der Waals surface area contributed by atoms with Crippen molar-refractivity contribution >= 4 is 129 Å². The molecule has 18 amide bonds. The number of benzene rings is 5. The lowest BCUT2D eigenvalue weighted by Crippen LogP contribution is -2.62. The largest absolute Gasteiger partial charge is 0.394 e. The maximum Gasteiger partial charge on any atom is 0.322 e. The summed E-state index contributed by atoms with van der Waals surface area (Å²) in [4.78, 5) is 227. The van der Waals surface area contributed by atoms with Gasteiger partial charge in [-0.05, 0) is 126 Å². The van der Waals surface area contributed by atoms with E-state index in [1.54, 1.807) is 50.2 Å². The minimum absolute atomic E-state index is 0.00418. The fraction of sp³-hybridized carbons (Fsp3) is 0.417. The third-order valence-corrected chi connectivity index (χ3v) is 20.9. The van der Waals surface area contributed by atoms with E-state index < -0.39 is 181 Å². The van der Waals surface area contributed by atoms with E-state index in [4.69, 9.17) is 23.1 Å². The van der Waals surface area contributed by atoms with Crippen molar-refractivity contribution in [2.75, 3.05) is 36.9 Å². The lowest BCUT2D eigenvalue weighted by Gasteiger charge is -2.31. The van der Waals surface area contributed by atoms with Crippen LogP contribution in [0, 0.1) is 5.92 Å². The molecular formula is C84H104ClN19O17. The molecule has 20 N–H and O–H groups in total. The fourth-order valence-electron chi connectivity index (χ4n) is 14.3. The van der Waals surface area contributed by atoms with Crippen LogP contribution in [0.4, 0.5) is 21.0 Å². The number of nitrogens with two attached hydrogens (primary N) is 2. The van der Waals surface area contributed by atoms with E-state index in [9.17, 15) is 53.1 Å². The zero-order valence-corrected chi connectivity index (χ0v) is 68.2. The van der Waals surface area contributed by atoms with Gasteiger partial charge in [0.1, 0.15) is 66.5 Å². The minimum Gasteiger partial charge on any atom is -0.394 e. The molecule has 36 nitrogen and oxygen atoms in total. The molecule has 3 aliphatic rings. The number of aromatic nitrogens is 1. The number of halogens is 1. The predicted octanol–water partition coefficient (Wildman–Crippen LogP) is 0.385. The van der Waals surface area contributed by atoms with Crippen molar-refractivity contribution in [3.63, 3.8) is 0 Å². The van der Waals surface area contributed by atoms with Gasteiger partial charge in [0.25, 0.3) is 0 Å². The number of carbonyl (C=O) groups excluding carboxylic acids is 16. The van der Waals surface area contributed by atoms with Crippen LogP contribution in [0.25, 0.3) is 10.8 Å². The van der Waals surface area contributed by atoms with Gasteiger partial charge in [-0.15, -0.1) is 0 Å². The van der Waals surface area contributed by atoms with Crippen LogP contribution in [0.3, 0.4) is 0 Å². The molecule has 2 aliphatic heterocycles. The molecule has 644 valence electrons. The molecule has 0 spiro atoms. The monoisotopic (exact) mass is 1690 g/mol. The molecule has 2 saturated heterocycles. The Labute approximate surface area is 703 Å². The van der Waals surface area contributed by atoms with Crippen LogP contribution in [0.2, 0.25) is 5.02 Å². The number of pyridine rings is 1. The summed E-state index contributed by atoms with van der Waals surface area (Å²) in [6, 6.07) is 16.2. The van der Waals surface area contributed by atoms with Gasteiger partial charge in [0.15, 0.2) is 0 Å². The first kappa shape index (κ1) is 91.9. The molecule has 3 heterocycles. The number of nitrogens with zero attached hydrogens (tertiary/aromatic N) is 2. The Morgan fingerprint density at radius 2 is 1.02 bits per heavy atom. The lowest BCUT2D eigenvalue weighted by molar-refractivity contribution is -0.142. The molecule has 6 aromatic rings. The molecule has 1 aliphatic carbocycles. The summed E-state index contributed by atoms with van der Waals surface area (Å²) in [6.45, 7) is 4.35. The van der Waals surface area contributed by atoms with Crippen LogP contribution < -0.4 is 91.2 Å². The Bertz CT molecular complexity index is 4710. The Morgan fingerprint density at radius 3 is 1.55 bits per heavy atom. The predicted molar refractivity (Wildman–Crippen MR) is 445 cm³/mol. The highest BCUT2D eigenvalue weighted by atomic mass is 35.5. The second-order valence-electron chi connectivity index (χ2n) is 30.7. The van der Waals surface area contributed by atoms with Crippen molar-refractivity contribution in [3.8, 4) is 0 Å². The van der Waals surface area contributed by atoms with Crippen molar-refractivity contribution in [3.05, 3.63) is 173 Å². The summed E-state index contributed by atoms with van der Waals surface area (Å²) in [7, 11) is 0. The number of fused-ring (bicyclic) bond motifs is 1. The molecule has 0 radical (unpaired) electrons. The van der Waals surface area contributed by atoms with Gasteiger partial charge in [0.05, 0.1) is 19.6 Å². The van der Waals surface area contributed by atoms with Gasteiger partial charge >= 0.3 is 12.1 Å². The molecule has 121 heavy (non-hydrogen) atoms. The summed E-state index contributed by atoms with van der Waals surface area (Å²) in [5.74, 6) is -12.2. The van der Waals surface area contributed by atoms with Crippen LogP contribution in [-0.4, -0.2) is 208 Å². The van der Waals surface area contributed by atoms with Gasteiger partial charge in [0.2, 0.25) is 82.7 Å². The highest BCUT2D eigenvalue weighted by Gasteiger charge is 2.41. The van der Waals surface area contributed by atoms with Crippen LogP contribution in [0.1, 0.15) is 113 Å². The topological polar surface area (TPSA) is 542 Å². The molecule has 37 heteroatoms. The summed E-state index contributed by atoms with van der Waals surface area (Å²) in [5, 5.41) is 52.7. The smallest absolute Gasteiger partial charge is 0.322 e. The van der Waals surface area contributed by atoms with Crippen LogP contribution in [0.15, 0.2) is 140 Å². The molecular weight excluding hydrogens is 1580 g/mol. The zero-order valence-electron chi connectivity index (χ0n) is 67.4. The highest BCUT2D eigenvalue weighted by Crippen LogP contribution is 2.24. The van der Waals surface area contributed by atoms with Gasteiger partial charge in [0, 0.05) is 87.0 Å². The fourth-order valence-corrected chi connectivity index (χ4v) is 14.4. The average molecular weight is 1690 g/mol. The molecule has 5 aromatic carbocycles. The number of amides is 18. The van der Waals surface area contributed by atoms with Gasteiger partial charge in [-0.1, -0.05) is 130 Å². The number of likely N-dealkylation sites (tertiary alicyclic amines) is 1. The molecule has 0 bridgehead atoms. The molecule has 11 atom stereocenters. The number of aliphatic hydroxyl groups excluding tert-OH is 1. The van der Waals surface area contributed by atoms with Gasteiger partial charge < -0.3 is 95.9 Å². The van der Waals surface area contributed by atoms with E-state index in [0.29, 0.717) is 33.7 Å². The first-order chi connectivity index (χ1) is 57.8. The van der Waals surface area contributed by atoms with Gasteiger partial charge in [-0.2, -0.15) is 0 Å². The average Bonchev–Trinajstić information content (AvgIpc) is 1.81. The molecule has 3 fully saturated rings. The zero-order chi connectivity index (χ0) is 87.4. The highest BCUT2D eigenvalue weighted by molar-refractivity contribution is 6.30. The Kier molecular flexibility index (Phi) is 34.0. The first-order valence-corrected chi connectivity index (χ1v) is 40.4. The van der Waals surface area contributed by atoms with Crippen LogP contribution in [-0.2, 0) is 99.2 Å². The quantitative estimate of drug-likeness (QED) is 0.0247. The third-order valence-electron chi connectivity index (χ3n) is 20.6. The van der Waals surface area contributed by atoms with Gasteiger partial charge in [-0.25, -0.2) is 9.59 Å². The number of imide groups is 1. The second-order valence-corrected chi connectivity index (χ2v) is 31.1. The molecule has 9 rings (SSSR count). The number of hydrogen-bond donors (Lipinski definition) is 18. The maximum absolute atomic E-state index is 15.5. The molecule has 1 aromatic heterocycles. The Balaban J connectivity index is 1.01. The molecule has 0 unspecified atom stereocenters. The number of urea groups is 2. The summed E-state index contributed by atoms with van der Waals surface area (Å²) in [5.41, 5.74) is 13.4. The van der Waals surface area contributed by atoms with Crippen molar-refractivity contribution in [2.45, 2.75) is 190 Å². The van der Waals surface area contributed by atoms with Crippen molar-refractivity contribution in [1.82, 2.24) is 79.0 Å². The van der Waals surface area contributed by atoms with Crippen molar-refractivity contribution < 1.29 is 81.8 Å². The van der Waals surface area contributed by atoms with E-state index in [0.717, 1.165) is 42.9 Å². The van der Waals surface area contributed by atoms with E-state index in [1.165, 1.54) is 79.7 Å². The number of hydrogen-bond acceptors (Lipinski definition) is 19. The lowest BCUT2D eigenvalue weighted by atomic mass is 9.95. The minimum atomic E-state index is -1.95. The van der Waals surface area contributed by atoms with E-state index >= 15 is 28.8 Å². The van der Waals surface area contributed by atoms with Crippen LogP contribution >= 0.6 is 11.6 Å². The first-order valence-electron chi connectivity index (χ1n) is 40.0. The molecule has 1 saturated carbocycles. The number of carbonyl (C=O) groups is 16. The second kappa shape index (κ2) is 44.7. The van der Waals surface area contributed by atoms with Crippen LogP contribution in [0.5, 0.6) is 0 Å². The Morgan fingerprint density at radius 1 is 0.529 bits per heavy atom. The van der Waals surface area contributed by atoms with Gasteiger partial charge in [-0.3, -0.25) is 77.4 Å². The maximum atomic E-state index is 15.5. The number of primary amides is 2. The normalized spacial score (nSPS) is 16.8. The van der Waals surface area contributed by atoms with E-state index in [2.05, 4.69) is 79.4 Å². The summed E-state index contributed by atoms with van der Waals surface area (Å²) < 4.78 is 0. The number of aliphatic hydroxyl groups is 1. The van der Waals surface area contributed by atoms with Crippen molar-refractivity contribution in [2.24, 2.45) is 17.4 Å².